The van der Waals surface area contributed by atoms with Crippen molar-refractivity contribution in [2.75, 3.05) is 7.11 Å². The topological polar surface area (TPSA) is 60.4 Å². The summed E-state index contributed by atoms with van der Waals surface area (Å²) in [6, 6.07) is 4.99. The van der Waals surface area contributed by atoms with Crippen LogP contribution in [0.25, 0.3) is 6.08 Å². The summed E-state index contributed by atoms with van der Waals surface area (Å²) in [5, 5.41) is 0. The first-order valence-corrected chi connectivity index (χ1v) is 5.07. The summed E-state index contributed by atoms with van der Waals surface area (Å²) in [4.78, 5) is 34.2. The van der Waals surface area contributed by atoms with E-state index in [-0.39, 0.29) is 11.3 Å². The molecule has 1 aliphatic carbocycles. The fourth-order valence-electron chi connectivity index (χ4n) is 1.92. The van der Waals surface area contributed by atoms with Gasteiger partial charge >= 0.3 is 5.97 Å². The molecule has 0 aliphatic heterocycles. The molecular formula is C13H10O4. The van der Waals surface area contributed by atoms with Crippen LogP contribution in [0.2, 0.25) is 0 Å². The fourth-order valence-corrected chi connectivity index (χ4v) is 1.92. The van der Waals surface area contributed by atoms with Crippen LogP contribution >= 0.6 is 0 Å². The summed E-state index contributed by atoms with van der Waals surface area (Å²) < 4.78 is 4.64. The molecule has 0 aromatic heterocycles. The highest BCUT2D eigenvalue weighted by molar-refractivity contribution is 6.12. The number of rotatable bonds is 2. The molecular weight excluding hydrogens is 220 g/mol. The van der Waals surface area contributed by atoms with Gasteiger partial charge in [-0.05, 0) is 23.3 Å². The van der Waals surface area contributed by atoms with Crippen molar-refractivity contribution in [3.8, 4) is 0 Å². The molecule has 0 fully saturated rings. The standard InChI is InChI=1S/C13H10O4/c1-17-13(16)9-4-2-3-8-5-6-11(15)10(7-14)12(8)9/h2-7,10H,1H3. The van der Waals surface area contributed by atoms with Gasteiger partial charge in [-0.1, -0.05) is 18.2 Å². The van der Waals surface area contributed by atoms with E-state index in [4.69, 9.17) is 0 Å². The fraction of sp³-hybridized carbons (Fsp3) is 0.154. The lowest BCUT2D eigenvalue weighted by Gasteiger charge is -2.18. The van der Waals surface area contributed by atoms with Crippen LogP contribution in [0.15, 0.2) is 24.3 Å². The molecule has 0 saturated heterocycles. The molecule has 0 spiro atoms. The summed E-state index contributed by atoms with van der Waals surface area (Å²) in [7, 11) is 1.26. The Morgan fingerprint density at radius 1 is 1.35 bits per heavy atom. The van der Waals surface area contributed by atoms with Gasteiger partial charge in [0.15, 0.2) is 5.78 Å². The number of methoxy groups -OCH3 is 1. The van der Waals surface area contributed by atoms with Gasteiger partial charge in [0.05, 0.1) is 12.7 Å². The number of benzene rings is 1. The molecule has 0 heterocycles. The Balaban J connectivity index is 2.67. The average Bonchev–Trinajstić information content (AvgIpc) is 2.37. The molecule has 4 nitrogen and oxygen atoms in total. The quantitative estimate of drug-likeness (QED) is 0.437. The Kier molecular flexibility index (Phi) is 2.87. The molecule has 0 N–H and O–H groups in total. The number of aldehydes is 1. The molecule has 0 amide bonds. The molecule has 0 bridgehead atoms. The molecule has 86 valence electrons. The largest absolute Gasteiger partial charge is 0.465 e. The number of fused-ring (bicyclic) bond motifs is 1. The minimum absolute atomic E-state index is 0.264. The van der Waals surface area contributed by atoms with Crippen molar-refractivity contribution < 1.29 is 19.1 Å². The van der Waals surface area contributed by atoms with Gasteiger partial charge in [0.1, 0.15) is 12.2 Å². The van der Waals surface area contributed by atoms with Crippen molar-refractivity contribution in [3.63, 3.8) is 0 Å². The van der Waals surface area contributed by atoms with Crippen LogP contribution in [0.5, 0.6) is 0 Å². The molecule has 1 atom stereocenters. The van der Waals surface area contributed by atoms with Crippen LogP contribution in [0.4, 0.5) is 0 Å². The van der Waals surface area contributed by atoms with Crippen molar-refractivity contribution in [2.24, 2.45) is 0 Å². The van der Waals surface area contributed by atoms with Crippen LogP contribution < -0.4 is 0 Å². The number of ether oxygens (including phenoxy) is 1. The minimum Gasteiger partial charge on any atom is -0.465 e. The van der Waals surface area contributed by atoms with Gasteiger partial charge in [-0.3, -0.25) is 4.79 Å². The van der Waals surface area contributed by atoms with Gasteiger partial charge in [-0.15, -0.1) is 0 Å². The molecule has 1 aliphatic rings. The Morgan fingerprint density at radius 3 is 2.76 bits per heavy atom. The Morgan fingerprint density at radius 2 is 2.12 bits per heavy atom. The van der Waals surface area contributed by atoms with Crippen molar-refractivity contribution in [2.45, 2.75) is 5.92 Å². The zero-order valence-electron chi connectivity index (χ0n) is 9.17. The molecule has 17 heavy (non-hydrogen) atoms. The highest BCUT2D eigenvalue weighted by Crippen LogP contribution is 2.29. The molecule has 1 unspecified atom stereocenters. The first kappa shape index (κ1) is 11.3. The third-order valence-electron chi connectivity index (χ3n) is 2.73. The Hall–Kier alpha value is -2.23. The van der Waals surface area contributed by atoms with Gasteiger partial charge in [0.25, 0.3) is 0 Å². The van der Waals surface area contributed by atoms with E-state index in [1.165, 1.54) is 13.2 Å². The minimum atomic E-state index is -0.912. The molecule has 0 saturated carbocycles. The summed E-state index contributed by atoms with van der Waals surface area (Å²) in [5.74, 6) is -1.77. The summed E-state index contributed by atoms with van der Waals surface area (Å²) >= 11 is 0. The Labute approximate surface area is 97.9 Å². The number of esters is 1. The zero-order chi connectivity index (χ0) is 12.4. The van der Waals surface area contributed by atoms with Crippen molar-refractivity contribution >= 4 is 24.1 Å². The first-order chi connectivity index (χ1) is 8.19. The second kappa shape index (κ2) is 4.33. The maximum atomic E-state index is 11.6. The van der Waals surface area contributed by atoms with Crippen LogP contribution in [0, 0.1) is 0 Å². The van der Waals surface area contributed by atoms with Gasteiger partial charge in [0, 0.05) is 0 Å². The third kappa shape index (κ3) is 1.78. The van der Waals surface area contributed by atoms with Crippen LogP contribution in [-0.4, -0.2) is 25.1 Å². The lowest BCUT2D eigenvalue weighted by atomic mass is 9.84. The first-order valence-electron chi connectivity index (χ1n) is 5.07. The summed E-state index contributed by atoms with van der Waals surface area (Å²) in [6.07, 6.45) is 3.50. The van der Waals surface area contributed by atoms with E-state index in [2.05, 4.69) is 4.74 Å². The lowest BCUT2D eigenvalue weighted by molar-refractivity contribution is -0.120. The maximum Gasteiger partial charge on any atom is 0.338 e. The van der Waals surface area contributed by atoms with Gasteiger partial charge in [0.2, 0.25) is 0 Å². The van der Waals surface area contributed by atoms with Crippen LogP contribution in [-0.2, 0) is 14.3 Å². The van der Waals surface area contributed by atoms with E-state index in [1.807, 2.05) is 0 Å². The number of carbonyl (C=O) groups is 3. The second-order valence-corrected chi connectivity index (χ2v) is 3.65. The summed E-state index contributed by atoms with van der Waals surface area (Å²) in [6.45, 7) is 0. The van der Waals surface area contributed by atoms with E-state index in [9.17, 15) is 14.4 Å². The van der Waals surface area contributed by atoms with Crippen molar-refractivity contribution in [1.82, 2.24) is 0 Å². The predicted octanol–water partition coefficient (Wildman–Crippen LogP) is 1.35. The number of hydrogen-bond donors (Lipinski definition) is 0. The number of carbonyl (C=O) groups excluding carboxylic acids is 3. The highest BCUT2D eigenvalue weighted by atomic mass is 16.5. The highest BCUT2D eigenvalue weighted by Gasteiger charge is 2.28. The SMILES string of the molecule is COC(=O)c1cccc2c1C(C=O)C(=O)C=C2. The van der Waals surface area contributed by atoms with Gasteiger partial charge in [-0.25, -0.2) is 4.79 Å². The maximum absolute atomic E-state index is 11.6. The average molecular weight is 230 g/mol. The zero-order valence-corrected chi connectivity index (χ0v) is 9.17. The van der Waals surface area contributed by atoms with E-state index >= 15 is 0 Å². The van der Waals surface area contributed by atoms with Crippen LogP contribution in [0.3, 0.4) is 0 Å². The van der Waals surface area contributed by atoms with Crippen LogP contribution in [0.1, 0.15) is 27.4 Å². The lowest BCUT2D eigenvalue weighted by Crippen LogP contribution is -2.20. The molecule has 1 aromatic carbocycles. The van der Waals surface area contributed by atoms with Crippen molar-refractivity contribution in [1.29, 1.82) is 0 Å². The third-order valence-corrected chi connectivity index (χ3v) is 2.73. The van der Waals surface area contributed by atoms with E-state index in [1.54, 1.807) is 24.3 Å². The molecule has 1 aromatic rings. The summed E-state index contributed by atoms with van der Waals surface area (Å²) in [5.41, 5.74) is 1.39. The molecule has 4 heteroatoms. The predicted molar refractivity (Wildman–Crippen MR) is 60.6 cm³/mol. The van der Waals surface area contributed by atoms with E-state index < -0.39 is 11.9 Å². The van der Waals surface area contributed by atoms with E-state index in [0.29, 0.717) is 17.4 Å². The normalized spacial score (nSPS) is 17.5. The van der Waals surface area contributed by atoms with Crippen molar-refractivity contribution in [3.05, 3.63) is 41.0 Å². The number of allylic oxidation sites excluding steroid dienone is 1. The van der Waals surface area contributed by atoms with Gasteiger partial charge < -0.3 is 9.53 Å². The van der Waals surface area contributed by atoms with Gasteiger partial charge in [-0.2, -0.15) is 0 Å². The second-order valence-electron chi connectivity index (χ2n) is 3.65. The Bertz CT molecular complexity index is 528. The monoisotopic (exact) mass is 230 g/mol. The number of ketones is 1. The van der Waals surface area contributed by atoms with E-state index in [0.717, 1.165) is 0 Å². The number of hydrogen-bond acceptors (Lipinski definition) is 4. The molecule has 2 rings (SSSR count). The molecule has 0 radical (unpaired) electrons. The smallest absolute Gasteiger partial charge is 0.338 e.